The predicted molar refractivity (Wildman–Crippen MR) is 68.4 cm³/mol. The van der Waals surface area contributed by atoms with Crippen LogP contribution in [-0.4, -0.2) is 46.5 Å². The molecule has 4 N–H and O–H groups in total. The zero-order chi connectivity index (χ0) is 14.4. The number of nitrogens with one attached hydrogen (secondary N) is 1. The number of amides is 3. The van der Waals surface area contributed by atoms with Crippen molar-refractivity contribution in [2.75, 3.05) is 6.54 Å². The molecule has 0 radical (unpaired) electrons. The molecule has 1 fully saturated rings. The van der Waals surface area contributed by atoms with Crippen LogP contribution >= 0.6 is 0 Å². The van der Waals surface area contributed by atoms with E-state index in [9.17, 15) is 14.4 Å². The van der Waals surface area contributed by atoms with E-state index in [2.05, 4.69) is 5.32 Å². The van der Waals surface area contributed by atoms with Gasteiger partial charge in [0.25, 0.3) is 0 Å². The fourth-order valence-corrected chi connectivity index (χ4v) is 2.32. The molecule has 0 aliphatic carbocycles. The van der Waals surface area contributed by atoms with Gasteiger partial charge in [0.15, 0.2) is 0 Å². The number of primary amides is 1. The minimum atomic E-state index is -1.00. The number of carbonyl (C=O) groups is 3. The average Bonchev–Trinajstić information content (AvgIpc) is 2.82. The van der Waals surface area contributed by atoms with Crippen molar-refractivity contribution in [3.8, 4) is 0 Å². The summed E-state index contributed by atoms with van der Waals surface area (Å²) in [6, 6.07) is -2.27. The van der Waals surface area contributed by atoms with Crippen molar-refractivity contribution < 1.29 is 19.5 Å². The van der Waals surface area contributed by atoms with Gasteiger partial charge in [-0.3, -0.25) is 4.79 Å². The molecule has 1 aliphatic rings. The number of unbranched alkanes of at least 4 members (excludes halogenated alkanes) is 1. The summed E-state index contributed by atoms with van der Waals surface area (Å²) < 4.78 is 0. The number of nitrogens with zero attached hydrogens (tertiary/aromatic N) is 1. The van der Waals surface area contributed by atoms with Crippen molar-refractivity contribution in [2.45, 2.75) is 51.1 Å². The fraction of sp³-hybridized carbons (Fsp3) is 0.750. The van der Waals surface area contributed by atoms with Gasteiger partial charge >= 0.3 is 12.0 Å². The maximum absolute atomic E-state index is 12.3. The quantitative estimate of drug-likeness (QED) is 0.644. The van der Waals surface area contributed by atoms with E-state index in [1.54, 1.807) is 0 Å². The van der Waals surface area contributed by atoms with E-state index in [0.29, 0.717) is 25.8 Å². The molecule has 0 aromatic rings. The number of carboxylic acids is 1. The van der Waals surface area contributed by atoms with Gasteiger partial charge in [0.1, 0.15) is 12.1 Å². The van der Waals surface area contributed by atoms with Crippen molar-refractivity contribution in [2.24, 2.45) is 5.73 Å². The van der Waals surface area contributed by atoms with Crippen LogP contribution in [-0.2, 0) is 9.59 Å². The minimum absolute atomic E-state index is 0.350. The summed E-state index contributed by atoms with van der Waals surface area (Å²) in [7, 11) is 0. The second-order valence-corrected chi connectivity index (χ2v) is 4.73. The number of hydrogen-bond acceptors (Lipinski definition) is 3. The number of likely N-dealkylation sites (tertiary alicyclic amines) is 1. The van der Waals surface area contributed by atoms with E-state index < -0.39 is 24.1 Å². The topological polar surface area (TPSA) is 113 Å². The molecular weight excluding hydrogens is 250 g/mol. The lowest BCUT2D eigenvalue weighted by molar-refractivity contribution is -0.149. The Labute approximate surface area is 112 Å². The molecule has 19 heavy (non-hydrogen) atoms. The number of rotatable bonds is 6. The first-order valence-corrected chi connectivity index (χ1v) is 6.56. The average molecular weight is 271 g/mol. The Bertz CT molecular complexity index is 359. The molecule has 1 rings (SSSR count). The third-order valence-corrected chi connectivity index (χ3v) is 3.28. The first kappa shape index (κ1) is 15.3. The molecule has 0 aromatic carbocycles. The maximum Gasteiger partial charge on any atom is 0.326 e. The number of hydrogen-bond donors (Lipinski definition) is 3. The van der Waals surface area contributed by atoms with Gasteiger partial charge in [-0.15, -0.1) is 0 Å². The largest absolute Gasteiger partial charge is 0.480 e. The lowest BCUT2D eigenvalue weighted by Gasteiger charge is -2.26. The Morgan fingerprint density at radius 2 is 2.16 bits per heavy atom. The highest BCUT2D eigenvalue weighted by Crippen LogP contribution is 2.19. The van der Waals surface area contributed by atoms with Gasteiger partial charge in [-0.2, -0.15) is 0 Å². The van der Waals surface area contributed by atoms with Crippen LogP contribution < -0.4 is 11.1 Å². The maximum atomic E-state index is 12.3. The Morgan fingerprint density at radius 1 is 1.47 bits per heavy atom. The van der Waals surface area contributed by atoms with E-state index in [-0.39, 0.29) is 5.91 Å². The van der Waals surface area contributed by atoms with Crippen LogP contribution in [0.2, 0.25) is 0 Å². The van der Waals surface area contributed by atoms with Crippen molar-refractivity contribution in [3.05, 3.63) is 0 Å². The number of carboxylic acid groups (broad SMARTS) is 1. The normalized spacial score (nSPS) is 20.1. The first-order chi connectivity index (χ1) is 8.97. The number of nitrogens with two attached hydrogens (primary N) is 1. The van der Waals surface area contributed by atoms with Gasteiger partial charge < -0.3 is 21.1 Å². The van der Waals surface area contributed by atoms with E-state index in [1.807, 2.05) is 6.92 Å². The molecule has 3 amide bonds. The second kappa shape index (κ2) is 6.96. The zero-order valence-electron chi connectivity index (χ0n) is 11.1. The van der Waals surface area contributed by atoms with Crippen LogP contribution in [0.25, 0.3) is 0 Å². The summed E-state index contributed by atoms with van der Waals surface area (Å²) in [4.78, 5) is 35.6. The van der Waals surface area contributed by atoms with Crippen LogP contribution in [0.5, 0.6) is 0 Å². The lowest BCUT2D eigenvalue weighted by atomic mass is 10.1. The third-order valence-electron chi connectivity index (χ3n) is 3.28. The number of carbonyl (C=O) groups excluding carboxylic acids is 2. The van der Waals surface area contributed by atoms with Gasteiger partial charge in [0, 0.05) is 6.54 Å². The van der Waals surface area contributed by atoms with Gasteiger partial charge in [0.2, 0.25) is 5.91 Å². The molecule has 2 atom stereocenters. The number of aliphatic carboxylic acids is 1. The highest BCUT2D eigenvalue weighted by Gasteiger charge is 2.37. The van der Waals surface area contributed by atoms with Gasteiger partial charge in [0.05, 0.1) is 0 Å². The van der Waals surface area contributed by atoms with E-state index in [4.69, 9.17) is 10.8 Å². The van der Waals surface area contributed by atoms with E-state index in [0.717, 1.165) is 12.8 Å². The third kappa shape index (κ3) is 4.11. The Hall–Kier alpha value is -1.79. The summed E-state index contributed by atoms with van der Waals surface area (Å²) in [5.74, 6) is -1.35. The van der Waals surface area contributed by atoms with E-state index in [1.165, 1.54) is 4.90 Å². The Kier molecular flexibility index (Phi) is 5.59. The summed E-state index contributed by atoms with van der Waals surface area (Å²) in [5.41, 5.74) is 5.06. The summed E-state index contributed by atoms with van der Waals surface area (Å²) in [6.07, 6.45) is 3.24. The molecule has 0 saturated carbocycles. The van der Waals surface area contributed by atoms with Crippen LogP contribution in [0, 0.1) is 0 Å². The highest BCUT2D eigenvalue weighted by atomic mass is 16.4. The molecule has 1 aliphatic heterocycles. The van der Waals surface area contributed by atoms with Crippen LogP contribution in [0.1, 0.15) is 39.0 Å². The first-order valence-electron chi connectivity index (χ1n) is 6.56. The van der Waals surface area contributed by atoms with Crippen molar-refractivity contribution >= 4 is 17.9 Å². The van der Waals surface area contributed by atoms with Gasteiger partial charge in [-0.25, -0.2) is 9.59 Å². The molecule has 1 saturated heterocycles. The summed E-state index contributed by atoms with van der Waals surface area (Å²) in [6.45, 7) is 2.39. The molecule has 1 heterocycles. The molecular formula is C12H21N3O4. The summed E-state index contributed by atoms with van der Waals surface area (Å²) in [5, 5.41) is 11.5. The van der Waals surface area contributed by atoms with Crippen LogP contribution in [0.4, 0.5) is 4.79 Å². The molecule has 0 aromatic heterocycles. The van der Waals surface area contributed by atoms with Crippen LogP contribution in [0.3, 0.4) is 0 Å². The smallest absolute Gasteiger partial charge is 0.326 e. The molecule has 7 heteroatoms. The standard InChI is InChI=1S/C12H21N3O4/c1-2-3-5-8(14-12(13)19)10(16)15-7-4-6-9(15)11(17)18/h8-9H,2-7H2,1H3,(H,17,18)(H3,13,14,19)/t8?,9-/m1/s1. The number of urea groups is 1. The fourth-order valence-electron chi connectivity index (χ4n) is 2.32. The molecule has 1 unspecified atom stereocenters. The van der Waals surface area contributed by atoms with Crippen molar-refractivity contribution in [1.82, 2.24) is 10.2 Å². The van der Waals surface area contributed by atoms with Gasteiger partial charge in [-0.05, 0) is 19.3 Å². The van der Waals surface area contributed by atoms with Crippen LogP contribution in [0.15, 0.2) is 0 Å². The zero-order valence-corrected chi connectivity index (χ0v) is 11.1. The second-order valence-electron chi connectivity index (χ2n) is 4.73. The predicted octanol–water partition coefficient (Wildman–Crippen LogP) is 0.289. The molecule has 7 nitrogen and oxygen atoms in total. The van der Waals surface area contributed by atoms with Gasteiger partial charge in [-0.1, -0.05) is 19.8 Å². The summed E-state index contributed by atoms with van der Waals surface area (Å²) >= 11 is 0. The Balaban J connectivity index is 2.73. The lowest BCUT2D eigenvalue weighted by Crippen LogP contribution is -2.52. The molecule has 108 valence electrons. The monoisotopic (exact) mass is 271 g/mol. The van der Waals surface area contributed by atoms with Crippen molar-refractivity contribution in [1.29, 1.82) is 0 Å². The minimum Gasteiger partial charge on any atom is -0.480 e. The van der Waals surface area contributed by atoms with E-state index >= 15 is 0 Å². The Morgan fingerprint density at radius 3 is 2.68 bits per heavy atom. The highest BCUT2D eigenvalue weighted by molar-refractivity contribution is 5.90. The van der Waals surface area contributed by atoms with Crippen molar-refractivity contribution in [3.63, 3.8) is 0 Å². The SMILES string of the molecule is CCCCC(NC(N)=O)C(=O)N1CCC[C@@H]1C(=O)O. The molecule has 0 spiro atoms. The molecule has 0 bridgehead atoms.